The molecule has 0 radical (unpaired) electrons. The summed E-state index contributed by atoms with van der Waals surface area (Å²) in [4.78, 5) is 0. The van der Waals surface area contributed by atoms with Gasteiger partial charge in [-0.1, -0.05) is 56.0 Å². The molecule has 2 rings (SSSR count). The van der Waals surface area contributed by atoms with E-state index in [0.29, 0.717) is 11.5 Å². The van der Waals surface area contributed by atoms with Crippen LogP contribution in [-0.2, 0) is 0 Å². The Balaban J connectivity index is 2.72. The minimum absolute atomic E-state index is 0.294. The van der Waals surface area contributed by atoms with Crippen molar-refractivity contribution >= 4 is 13.3 Å². The molecule has 0 bridgehead atoms. The Morgan fingerprint density at radius 1 is 0.947 bits per heavy atom. The van der Waals surface area contributed by atoms with Crippen LogP contribution in [0, 0.1) is 0 Å². The maximum absolute atomic E-state index is 10.5. The molecule has 0 saturated carbocycles. The molecule has 0 fully saturated rings. The van der Waals surface area contributed by atoms with E-state index >= 15 is 0 Å². The number of phenolic OH excluding ortho intramolecular Hbond substituents is 1. The van der Waals surface area contributed by atoms with E-state index in [-0.39, 0.29) is 0 Å². The standard InChI is InChI=1S/C16H20O2Si/c1-18-14-11-10-13(12-8-6-5-7-9-12)16(15(14)17)19(2,3)4/h5-11,17H,1-4H3. The van der Waals surface area contributed by atoms with E-state index in [1.165, 1.54) is 0 Å². The summed E-state index contributed by atoms with van der Waals surface area (Å²) in [6.07, 6.45) is 0. The fourth-order valence-corrected chi connectivity index (χ4v) is 4.22. The summed E-state index contributed by atoms with van der Waals surface area (Å²) < 4.78 is 5.24. The third kappa shape index (κ3) is 2.66. The van der Waals surface area contributed by atoms with Gasteiger partial charge in [0.2, 0.25) is 0 Å². The van der Waals surface area contributed by atoms with Crippen molar-refractivity contribution in [2.75, 3.05) is 7.11 Å². The zero-order chi connectivity index (χ0) is 14.0. The number of benzene rings is 2. The van der Waals surface area contributed by atoms with Crippen LogP contribution in [-0.4, -0.2) is 20.3 Å². The van der Waals surface area contributed by atoms with Gasteiger partial charge in [-0.15, -0.1) is 0 Å². The molecule has 2 aromatic rings. The Bertz CT molecular complexity index is 571. The van der Waals surface area contributed by atoms with E-state index in [1.807, 2.05) is 30.3 Å². The second kappa shape index (κ2) is 5.09. The molecule has 0 atom stereocenters. The van der Waals surface area contributed by atoms with Crippen molar-refractivity contribution in [3.63, 3.8) is 0 Å². The van der Waals surface area contributed by atoms with E-state index in [0.717, 1.165) is 16.3 Å². The number of phenols is 1. The monoisotopic (exact) mass is 272 g/mol. The normalized spacial score (nSPS) is 11.4. The van der Waals surface area contributed by atoms with Crippen molar-refractivity contribution in [1.29, 1.82) is 0 Å². The molecule has 0 saturated heterocycles. The number of hydrogen-bond donors (Lipinski definition) is 1. The van der Waals surface area contributed by atoms with Crippen LogP contribution < -0.4 is 9.92 Å². The maximum atomic E-state index is 10.5. The first-order chi connectivity index (χ1) is 8.95. The van der Waals surface area contributed by atoms with E-state index in [4.69, 9.17) is 4.74 Å². The van der Waals surface area contributed by atoms with Crippen LogP contribution in [0.3, 0.4) is 0 Å². The molecule has 0 aliphatic carbocycles. The molecule has 0 unspecified atom stereocenters. The van der Waals surface area contributed by atoms with Gasteiger partial charge in [0.25, 0.3) is 0 Å². The molecule has 0 aromatic heterocycles. The molecule has 100 valence electrons. The number of ether oxygens (including phenoxy) is 1. The summed E-state index contributed by atoms with van der Waals surface area (Å²) in [6, 6.07) is 14.1. The fraction of sp³-hybridized carbons (Fsp3) is 0.250. The predicted octanol–water partition coefficient (Wildman–Crippen LogP) is 3.61. The molecule has 0 amide bonds. The van der Waals surface area contributed by atoms with Crippen molar-refractivity contribution in [1.82, 2.24) is 0 Å². The summed E-state index contributed by atoms with van der Waals surface area (Å²) in [7, 11) is -0.0943. The zero-order valence-electron chi connectivity index (χ0n) is 11.9. The van der Waals surface area contributed by atoms with Gasteiger partial charge in [-0.2, -0.15) is 0 Å². The van der Waals surface area contributed by atoms with Gasteiger partial charge in [-0.05, 0) is 22.4 Å². The Labute approximate surface area is 115 Å². The number of aromatic hydroxyl groups is 1. The van der Waals surface area contributed by atoms with Crippen LogP contribution in [0.4, 0.5) is 0 Å². The lowest BCUT2D eigenvalue weighted by Gasteiger charge is -2.23. The van der Waals surface area contributed by atoms with Crippen molar-refractivity contribution in [3.05, 3.63) is 42.5 Å². The number of hydrogen-bond acceptors (Lipinski definition) is 2. The Morgan fingerprint density at radius 2 is 1.58 bits per heavy atom. The van der Waals surface area contributed by atoms with Gasteiger partial charge in [0.05, 0.1) is 15.2 Å². The first-order valence-corrected chi connectivity index (χ1v) is 9.91. The van der Waals surface area contributed by atoms with Crippen molar-refractivity contribution in [2.24, 2.45) is 0 Å². The van der Waals surface area contributed by atoms with Crippen molar-refractivity contribution in [3.8, 4) is 22.6 Å². The lowest BCUT2D eigenvalue weighted by molar-refractivity contribution is 0.375. The summed E-state index contributed by atoms with van der Waals surface area (Å²) in [5, 5.41) is 11.5. The second-order valence-electron chi connectivity index (χ2n) is 5.66. The quantitative estimate of drug-likeness (QED) is 0.865. The van der Waals surface area contributed by atoms with Crippen LogP contribution in [0.5, 0.6) is 11.5 Å². The maximum Gasteiger partial charge on any atom is 0.160 e. The summed E-state index contributed by atoms with van der Waals surface area (Å²) in [5.41, 5.74) is 2.25. The largest absolute Gasteiger partial charge is 0.504 e. The molecular weight excluding hydrogens is 252 g/mol. The highest BCUT2D eigenvalue weighted by Gasteiger charge is 2.26. The van der Waals surface area contributed by atoms with Crippen LogP contribution in [0.15, 0.2) is 42.5 Å². The minimum Gasteiger partial charge on any atom is -0.504 e. The van der Waals surface area contributed by atoms with Crippen molar-refractivity contribution < 1.29 is 9.84 Å². The lowest BCUT2D eigenvalue weighted by Crippen LogP contribution is -2.39. The molecule has 3 heteroatoms. The number of rotatable bonds is 3. The van der Waals surface area contributed by atoms with Gasteiger partial charge in [0, 0.05) is 0 Å². The summed E-state index contributed by atoms with van der Waals surface area (Å²) >= 11 is 0. The van der Waals surface area contributed by atoms with Crippen LogP contribution >= 0.6 is 0 Å². The summed E-state index contributed by atoms with van der Waals surface area (Å²) in [5.74, 6) is 0.847. The zero-order valence-corrected chi connectivity index (χ0v) is 12.9. The van der Waals surface area contributed by atoms with Gasteiger partial charge in [0.1, 0.15) is 0 Å². The van der Waals surface area contributed by atoms with Gasteiger partial charge in [-0.25, -0.2) is 0 Å². The Kier molecular flexibility index (Phi) is 3.67. The molecular formula is C16H20O2Si. The highest BCUT2D eigenvalue weighted by molar-refractivity contribution is 6.90. The molecule has 0 aliphatic rings. The summed E-state index contributed by atoms with van der Waals surface area (Å²) in [6.45, 7) is 6.69. The van der Waals surface area contributed by atoms with E-state index < -0.39 is 8.07 Å². The third-order valence-corrected chi connectivity index (χ3v) is 5.20. The third-order valence-electron chi connectivity index (χ3n) is 3.20. The minimum atomic E-state index is -1.68. The Morgan fingerprint density at radius 3 is 2.11 bits per heavy atom. The Hall–Kier alpha value is -1.74. The van der Waals surface area contributed by atoms with E-state index in [9.17, 15) is 5.11 Å². The van der Waals surface area contributed by atoms with Gasteiger partial charge in [0.15, 0.2) is 11.5 Å². The van der Waals surface area contributed by atoms with Gasteiger partial charge >= 0.3 is 0 Å². The fourth-order valence-electron chi connectivity index (χ4n) is 2.35. The lowest BCUT2D eigenvalue weighted by atomic mass is 10.1. The second-order valence-corrected chi connectivity index (χ2v) is 10.7. The molecule has 2 aromatic carbocycles. The average molecular weight is 272 g/mol. The predicted molar refractivity (Wildman–Crippen MR) is 83.1 cm³/mol. The van der Waals surface area contributed by atoms with Crippen LogP contribution in [0.2, 0.25) is 19.6 Å². The van der Waals surface area contributed by atoms with Crippen LogP contribution in [0.25, 0.3) is 11.1 Å². The first kappa shape index (κ1) is 13.7. The molecule has 0 aliphatic heterocycles. The molecule has 1 N–H and O–H groups in total. The SMILES string of the molecule is COc1ccc(-c2ccccc2)c([Si](C)(C)C)c1O. The van der Waals surface area contributed by atoms with E-state index in [2.05, 4.69) is 31.8 Å². The van der Waals surface area contributed by atoms with Crippen molar-refractivity contribution in [2.45, 2.75) is 19.6 Å². The van der Waals surface area contributed by atoms with E-state index in [1.54, 1.807) is 7.11 Å². The first-order valence-electron chi connectivity index (χ1n) is 6.41. The van der Waals surface area contributed by atoms with Gasteiger partial charge in [-0.3, -0.25) is 0 Å². The van der Waals surface area contributed by atoms with Crippen LogP contribution in [0.1, 0.15) is 0 Å². The number of methoxy groups -OCH3 is 1. The highest BCUT2D eigenvalue weighted by atomic mass is 28.3. The molecule has 2 nitrogen and oxygen atoms in total. The molecule has 0 heterocycles. The average Bonchev–Trinajstić information content (AvgIpc) is 2.38. The topological polar surface area (TPSA) is 29.5 Å². The highest BCUT2D eigenvalue weighted by Crippen LogP contribution is 2.32. The van der Waals surface area contributed by atoms with Gasteiger partial charge < -0.3 is 9.84 Å². The smallest absolute Gasteiger partial charge is 0.160 e. The molecule has 19 heavy (non-hydrogen) atoms. The molecule has 0 spiro atoms.